The van der Waals surface area contributed by atoms with Crippen LogP contribution in [0, 0.1) is 11.7 Å². The van der Waals surface area contributed by atoms with Crippen molar-refractivity contribution in [1.82, 2.24) is 5.32 Å². The average Bonchev–Trinajstić information content (AvgIpc) is 2.24. The summed E-state index contributed by atoms with van der Waals surface area (Å²) in [6.07, 6.45) is 2.10. The third-order valence-electron chi connectivity index (χ3n) is 2.67. The molecule has 0 bridgehead atoms. The second kappa shape index (κ2) is 6.57. The van der Waals surface area contributed by atoms with Crippen LogP contribution in [0.4, 0.5) is 4.39 Å². The molecule has 1 N–H and O–H groups in total. The van der Waals surface area contributed by atoms with Gasteiger partial charge in [0.25, 0.3) is 0 Å². The predicted octanol–water partition coefficient (Wildman–Crippen LogP) is 3.00. The number of rotatable bonds is 6. The summed E-state index contributed by atoms with van der Waals surface area (Å²) in [5.41, 5.74) is 1.06. The van der Waals surface area contributed by atoms with E-state index in [2.05, 4.69) is 19.2 Å². The number of hydrogen-bond acceptors (Lipinski definition) is 1. The van der Waals surface area contributed by atoms with E-state index < -0.39 is 0 Å². The standard InChI is InChI=1S/C13H20FN/c1-3-11(2)10-15-8-7-12-5-4-6-13(14)9-12/h4-6,9,11,15H,3,7-8,10H2,1-2H3. The predicted molar refractivity (Wildman–Crippen MR) is 62.4 cm³/mol. The number of halogens is 1. The highest BCUT2D eigenvalue weighted by atomic mass is 19.1. The number of benzene rings is 1. The molecular weight excluding hydrogens is 189 g/mol. The Bertz CT molecular complexity index is 286. The first kappa shape index (κ1) is 12.2. The molecule has 0 heterocycles. The van der Waals surface area contributed by atoms with Crippen molar-refractivity contribution in [1.29, 1.82) is 0 Å². The highest BCUT2D eigenvalue weighted by Crippen LogP contribution is 2.03. The van der Waals surface area contributed by atoms with Gasteiger partial charge in [-0.15, -0.1) is 0 Å². The van der Waals surface area contributed by atoms with E-state index in [4.69, 9.17) is 0 Å². The third-order valence-corrected chi connectivity index (χ3v) is 2.67. The Morgan fingerprint density at radius 3 is 2.87 bits per heavy atom. The lowest BCUT2D eigenvalue weighted by Gasteiger charge is -2.09. The van der Waals surface area contributed by atoms with E-state index in [0.29, 0.717) is 0 Å². The van der Waals surface area contributed by atoms with Gasteiger partial charge in [-0.2, -0.15) is 0 Å². The molecule has 2 heteroatoms. The van der Waals surface area contributed by atoms with Crippen LogP contribution in [-0.2, 0) is 6.42 Å². The van der Waals surface area contributed by atoms with Crippen molar-refractivity contribution in [3.05, 3.63) is 35.6 Å². The minimum Gasteiger partial charge on any atom is -0.316 e. The molecule has 15 heavy (non-hydrogen) atoms. The summed E-state index contributed by atoms with van der Waals surface area (Å²) < 4.78 is 12.8. The van der Waals surface area contributed by atoms with Crippen LogP contribution in [0.25, 0.3) is 0 Å². The van der Waals surface area contributed by atoms with Crippen LogP contribution in [-0.4, -0.2) is 13.1 Å². The molecule has 0 fully saturated rings. The van der Waals surface area contributed by atoms with Crippen LogP contribution in [0.15, 0.2) is 24.3 Å². The van der Waals surface area contributed by atoms with Gasteiger partial charge in [0.2, 0.25) is 0 Å². The summed E-state index contributed by atoms with van der Waals surface area (Å²) in [6, 6.07) is 6.81. The fraction of sp³-hybridized carbons (Fsp3) is 0.538. The topological polar surface area (TPSA) is 12.0 Å². The zero-order valence-corrected chi connectivity index (χ0v) is 9.59. The summed E-state index contributed by atoms with van der Waals surface area (Å²) >= 11 is 0. The van der Waals surface area contributed by atoms with Crippen LogP contribution in [0.3, 0.4) is 0 Å². The number of nitrogens with one attached hydrogen (secondary N) is 1. The van der Waals surface area contributed by atoms with Crippen LogP contribution < -0.4 is 5.32 Å². The van der Waals surface area contributed by atoms with Crippen LogP contribution in [0.5, 0.6) is 0 Å². The largest absolute Gasteiger partial charge is 0.316 e. The van der Waals surface area contributed by atoms with E-state index in [9.17, 15) is 4.39 Å². The molecule has 1 nitrogen and oxygen atoms in total. The lowest BCUT2D eigenvalue weighted by atomic mass is 10.1. The van der Waals surface area contributed by atoms with Crippen LogP contribution in [0.1, 0.15) is 25.8 Å². The summed E-state index contributed by atoms with van der Waals surface area (Å²) in [5.74, 6) is 0.576. The fourth-order valence-corrected chi connectivity index (χ4v) is 1.42. The van der Waals surface area contributed by atoms with Gasteiger partial charge in [0.15, 0.2) is 0 Å². The first-order valence-corrected chi connectivity index (χ1v) is 5.67. The van der Waals surface area contributed by atoms with E-state index in [0.717, 1.165) is 31.0 Å². The molecule has 1 aromatic rings. The Morgan fingerprint density at radius 2 is 2.20 bits per heavy atom. The van der Waals surface area contributed by atoms with Crippen molar-refractivity contribution in [2.75, 3.05) is 13.1 Å². The molecule has 1 aromatic carbocycles. The van der Waals surface area contributed by atoms with Gasteiger partial charge in [0.1, 0.15) is 5.82 Å². The van der Waals surface area contributed by atoms with Gasteiger partial charge in [-0.05, 0) is 43.1 Å². The fourth-order valence-electron chi connectivity index (χ4n) is 1.42. The zero-order chi connectivity index (χ0) is 11.1. The van der Waals surface area contributed by atoms with E-state index in [-0.39, 0.29) is 5.82 Å². The second-order valence-corrected chi connectivity index (χ2v) is 4.10. The summed E-state index contributed by atoms with van der Waals surface area (Å²) in [4.78, 5) is 0. The number of hydrogen-bond donors (Lipinski definition) is 1. The van der Waals surface area contributed by atoms with Gasteiger partial charge in [-0.3, -0.25) is 0 Å². The molecule has 0 spiro atoms. The molecular formula is C13H20FN. The maximum Gasteiger partial charge on any atom is 0.123 e. The normalized spacial score (nSPS) is 12.7. The molecule has 1 rings (SSSR count). The van der Waals surface area contributed by atoms with Crippen molar-refractivity contribution in [3.8, 4) is 0 Å². The van der Waals surface area contributed by atoms with Crippen molar-refractivity contribution in [2.24, 2.45) is 5.92 Å². The maximum atomic E-state index is 12.8. The summed E-state index contributed by atoms with van der Waals surface area (Å²) in [7, 11) is 0. The van der Waals surface area contributed by atoms with Gasteiger partial charge in [0.05, 0.1) is 0 Å². The highest BCUT2D eigenvalue weighted by Gasteiger charge is 1.98. The Balaban J connectivity index is 2.20. The highest BCUT2D eigenvalue weighted by molar-refractivity contribution is 5.16. The summed E-state index contributed by atoms with van der Waals surface area (Å²) in [5, 5.41) is 3.38. The molecule has 0 amide bonds. The molecule has 0 aliphatic rings. The molecule has 0 saturated carbocycles. The van der Waals surface area contributed by atoms with Gasteiger partial charge < -0.3 is 5.32 Å². The first-order valence-electron chi connectivity index (χ1n) is 5.67. The Kier molecular flexibility index (Phi) is 5.33. The quantitative estimate of drug-likeness (QED) is 0.710. The maximum absolute atomic E-state index is 12.8. The van der Waals surface area contributed by atoms with E-state index in [1.165, 1.54) is 12.5 Å². The Hall–Kier alpha value is -0.890. The van der Waals surface area contributed by atoms with Gasteiger partial charge in [-0.1, -0.05) is 32.4 Å². The Morgan fingerprint density at radius 1 is 1.40 bits per heavy atom. The SMILES string of the molecule is CCC(C)CNCCc1cccc(F)c1. The average molecular weight is 209 g/mol. The molecule has 0 saturated heterocycles. The van der Waals surface area contributed by atoms with Crippen LogP contribution >= 0.6 is 0 Å². The molecule has 1 atom stereocenters. The molecule has 84 valence electrons. The molecule has 1 unspecified atom stereocenters. The minimum atomic E-state index is -0.144. The van der Waals surface area contributed by atoms with Crippen molar-refractivity contribution in [2.45, 2.75) is 26.7 Å². The van der Waals surface area contributed by atoms with Crippen molar-refractivity contribution >= 4 is 0 Å². The lowest BCUT2D eigenvalue weighted by Crippen LogP contribution is -2.23. The third kappa shape index (κ3) is 4.93. The van der Waals surface area contributed by atoms with Crippen molar-refractivity contribution in [3.63, 3.8) is 0 Å². The smallest absolute Gasteiger partial charge is 0.123 e. The molecule has 0 aliphatic heterocycles. The van der Waals surface area contributed by atoms with Gasteiger partial charge >= 0.3 is 0 Å². The van der Waals surface area contributed by atoms with E-state index in [1.54, 1.807) is 12.1 Å². The van der Waals surface area contributed by atoms with Crippen molar-refractivity contribution < 1.29 is 4.39 Å². The molecule has 0 aromatic heterocycles. The van der Waals surface area contributed by atoms with Gasteiger partial charge in [0, 0.05) is 0 Å². The van der Waals surface area contributed by atoms with E-state index in [1.807, 2.05) is 6.07 Å². The Labute approximate surface area is 91.7 Å². The molecule has 0 aliphatic carbocycles. The second-order valence-electron chi connectivity index (χ2n) is 4.10. The lowest BCUT2D eigenvalue weighted by molar-refractivity contribution is 0.502. The monoisotopic (exact) mass is 209 g/mol. The van der Waals surface area contributed by atoms with Gasteiger partial charge in [-0.25, -0.2) is 4.39 Å². The minimum absolute atomic E-state index is 0.144. The zero-order valence-electron chi connectivity index (χ0n) is 9.59. The van der Waals surface area contributed by atoms with E-state index >= 15 is 0 Å². The first-order chi connectivity index (χ1) is 7.22. The summed E-state index contributed by atoms with van der Waals surface area (Å²) in [6.45, 7) is 6.40. The van der Waals surface area contributed by atoms with Crippen LogP contribution in [0.2, 0.25) is 0 Å². The molecule has 0 radical (unpaired) electrons.